The van der Waals surface area contributed by atoms with Crippen LogP contribution >= 0.6 is 0 Å². The number of fused-ring (bicyclic) bond motifs is 1. The minimum atomic E-state index is -1.08. The number of β-amino-alcohol motifs (C(OH)–C–C–N with tert-alkyl or cyclic N) is 1. The molecule has 0 unspecified atom stereocenters. The Morgan fingerprint density at radius 1 is 1.10 bits per heavy atom. The molecule has 2 N–H and O–H groups in total. The first kappa shape index (κ1) is 13.6. The topological polar surface area (TPSA) is 77.8 Å². The number of aliphatic hydroxyl groups is 1. The summed E-state index contributed by atoms with van der Waals surface area (Å²) in [6.07, 6.45) is -0.712. The van der Waals surface area contributed by atoms with Gasteiger partial charge in [-0.15, -0.1) is 0 Å². The lowest BCUT2D eigenvalue weighted by atomic mass is 10.0. The lowest BCUT2D eigenvalue weighted by Crippen LogP contribution is -2.40. The van der Waals surface area contributed by atoms with Gasteiger partial charge in [-0.1, -0.05) is 36.4 Å². The van der Waals surface area contributed by atoms with Gasteiger partial charge in [0.15, 0.2) is 0 Å². The molecule has 0 bridgehead atoms. The number of aliphatic carboxylic acids is 1. The van der Waals surface area contributed by atoms with Crippen molar-refractivity contribution in [1.29, 1.82) is 0 Å². The fourth-order valence-electron chi connectivity index (χ4n) is 2.84. The predicted molar refractivity (Wildman–Crippen MR) is 77.0 cm³/mol. The van der Waals surface area contributed by atoms with Crippen LogP contribution in [-0.2, 0) is 4.79 Å². The Balaban J connectivity index is 2.02. The van der Waals surface area contributed by atoms with E-state index in [1.165, 1.54) is 4.90 Å². The van der Waals surface area contributed by atoms with E-state index in [1.807, 2.05) is 30.3 Å². The second kappa shape index (κ2) is 5.18. The van der Waals surface area contributed by atoms with Crippen LogP contribution < -0.4 is 0 Å². The summed E-state index contributed by atoms with van der Waals surface area (Å²) in [4.78, 5) is 25.2. The fraction of sp³-hybridized carbons (Fsp3) is 0.250. The monoisotopic (exact) mass is 285 g/mol. The molecule has 2 atom stereocenters. The highest BCUT2D eigenvalue weighted by molar-refractivity contribution is 6.08. The van der Waals surface area contributed by atoms with E-state index in [2.05, 4.69) is 0 Å². The van der Waals surface area contributed by atoms with E-state index in [-0.39, 0.29) is 18.9 Å². The van der Waals surface area contributed by atoms with E-state index < -0.39 is 18.1 Å². The van der Waals surface area contributed by atoms with Crippen LogP contribution in [0.5, 0.6) is 0 Å². The summed E-state index contributed by atoms with van der Waals surface area (Å²) in [5.41, 5.74) is 0.466. The molecule has 5 heteroatoms. The van der Waals surface area contributed by atoms with Gasteiger partial charge in [-0.2, -0.15) is 0 Å². The van der Waals surface area contributed by atoms with Gasteiger partial charge in [0.05, 0.1) is 6.10 Å². The van der Waals surface area contributed by atoms with Crippen molar-refractivity contribution >= 4 is 22.6 Å². The molecule has 2 aromatic carbocycles. The van der Waals surface area contributed by atoms with E-state index in [9.17, 15) is 19.8 Å². The van der Waals surface area contributed by atoms with Gasteiger partial charge in [0.1, 0.15) is 6.04 Å². The molecular weight excluding hydrogens is 270 g/mol. The quantitative estimate of drug-likeness (QED) is 0.876. The fourth-order valence-corrected chi connectivity index (χ4v) is 2.84. The highest BCUT2D eigenvalue weighted by Crippen LogP contribution is 2.25. The van der Waals surface area contributed by atoms with Crippen LogP contribution in [0, 0.1) is 0 Å². The summed E-state index contributed by atoms with van der Waals surface area (Å²) in [6, 6.07) is 11.9. The summed E-state index contributed by atoms with van der Waals surface area (Å²) < 4.78 is 0. The van der Waals surface area contributed by atoms with E-state index in [1.54, 1.807) is 12.1 Å². The Kier molecular flexibility index (Phi) is 3.35. The van der Waals surface area contributed by atoms with Gasteiger partial charge < -0.3 is 15.1 Å². The molecule has 1 aliphatic heterocycles. The molecule has 3 rings (SSSR count). The number of hydrogen-bond donors (Lipinski definition) is 2. The third-order valence-electron chi connectivity index (χ3n) is 3.84. The minimum Gasteiger partial charge on any atom is -0.480 e. The molecule has 2 aromatic rings. The summed E-state index contributed by atoms with van der Waals surface area (Å²) in [6.45, 7) is 0.0546. The number of nitrogens with zero attached hydrogens (tertiary/aromatic N) is 1. The Labute approximate surface area is 121 Å². The van der Waals surface area contributed by atoms with Crippen molar-refractivity contribution < 1.29 is 19.8 Å². The van der Waals surface area contributed by atoms with Crippen LogP contribution in [0.15, 0.2) is 42.5 Å². The number of hydrogen-bond acceptors (Lipinski definition) is 3. The van der Waals surface area contributed by atoms with Crippen LogP contribution in [0.1, 0.15) is 16.8 Å². The van der Waals surface area contributed by atoms with Gasteiger partial charge in [-0.3, -0.25) is 4.79 Å². The first-order valence-corrected chi connectivity index (χ1v) is 6.77. The SMILES string of the molecule is O=C(O)[C@@H]1C[C@@H](O)CN1C(=O)c1cccc2ccccc12. The van der Waals surface area contributed by atoms with Crippen molar-refractivity contribution in [2.24, 2.45) is 0 Å². The van der Waals surface area contributed by atoms with Crippen molar-refractivity contribution in [3.63, 3.8) is 0 Å². The van der Waals surface area contributed by atoms with Gasteiger partial charge in [0, 0.05) is 18.5 Å². The predicted octanol–water partition coefficient (Wildman–Crippen LogP) is 1.50. The van der Waals surface area contributed by atoms with Gasteiger partial charge in [0.2, 0.25) is 0 Å². The molecular formula is C16H15NO4. The summed E-state index contributed by atoms with van der Waals surface area (Å²) in [7, 11) is 0. The van der Waals surface area contributed by atoms with Crippen LogP contribution in [0.3, 0.4) is 0 Å². The number of carboxylic acids is 1. The Bertz CT molecular complexity index is 707. The summed E-state index contributed by atoms with van der Waals surface area (Å²) >= 11 is 0. The Morgan fingerprint density at radius 3 is 2.57 bits per heavy atom. The van der Waals surface area contributed by atoms with Crippen LogP contribution in [-0.4, -0.2) is 45.7 Å². The average Bonchev–Trinajstić information content (AvgIpc) is 2.88. The molecule has 0 radical (unpaired) electrons. The zero-order valence-electron chi connectivity index (χ0n) is 11.3. The third-order valence-corrected chi connectivity index (χ3v) is 3.84. The van der Waals surface area contributed by atoms with E-state index in [4.69, 9.17) is 0 Å². The molecule has 1 saturated heterocycles. The van der Waals surface area contributed by atoms with E-state index in [0.717, 1.165) is 10.8 Å². The van der Waals surface area contributed by atoms with Crippen molar-refractivity contribution in [1.82, 2.24) is 4.90 Å². The highest BCUT2D eigenvalue weighted by Gasteiger charge is 2.39. The number of amides is 1. The number of carbonyl (C=O) groups excluding carboxylic acids is 1. The maximum atomic E-state index is 12.7. The largest absolute Gasteiger partial charge is 0.480 e. The highest BCUT2D eigenvalue weighted by atomic mass is 16.4. The number of carbonyl (C=O) groups is 2. The molecule has 1 aliphatic rings. The normalized spacial score (nSPS) is 21.7. The summed E-state index contributed by atoms with van der Waals surface area (Å²) in [5, 5.41) is 20.6. The average molecular weight is 285 g/mol. The molecule has 1 heterocycles. The maximum Gasteiger partial charge on any atom is 0.326 e. The number of rotatable bonds is 2. The minimum absolute atomic E-state index is 0.0546. The zero-order valence-corrected chi connectivity index (χ0v) is 11.3. The molecule has 108 valence electrons. The van der Waals surface area contributed by atoms with Gasteiger partial charge in [-0.05, 0) is 16.8 Å². The number of aliphatic hydroxyl groups excluding tert-OH is 1. The molecule has 5 nitrogen and oxygen atoms in total. The van der Waals surface area contributed by atoms with Crippen LogP contribution in [0.2, 0.25) is 0 Å². The van der Waals surface area contributed by atoms with E-state index in [0.29, 0.717) is 5.56 Å². The van der Waals surface area contributed by atoms with E-state index >= 15 is 0 Å². The second-order valence-corrected chi connectivity index (χ2v) is 5.23. The lowest BCUT2D eigenvalue weighted by molar-refractivity contribution is -0.141. The van der Waals surface area contributed by atoms with Gasteiger partial charge in [-0.25, -0.2) is 4.79 Å². The molecule has 1 amide bonds. The van der Waals surface area contributed by atoms with Crippen LogP contribution in [0.25, 0.3) is 10.8 Å². The number of carboxylic acid groups (broad SMARTS) is 1. The van der Waals surface area contributed by atoms with Crippen LogP contribution in [0.4, 0.5) is 0 Å². The van der Waals surface area contributed by atoms with Gasteiger partial charge in [0.25, 0.3) is 5.91 Å². The molecule has 1 fully saturated rings. The van der Waals surface area contributed by atoms with Crippen molar-refractivity contribution in [3.05, 3.63) is 48.0 Å². The molecule has 0 aliphatic carbocycles. The lowest BCUT2D eigenvalue weighted by Gasteiger charge is -2.22. The molecule has 0 saturated carbocycles. The molecule has 21 heavy (non-hydrogen) atoms. The number of likely N-dealkylation sites (tertiary alicyclic amines) is 1. The third kappa shape index (κ3) is 2.36. The van der Waals surface area contributed by atoms with Crippen molar-refractivity contribution in [3.8, 4) is 0 Å². The second-order valence-electron chi connectivity index (χ2n) is 5.23. The first-order chi connectivity index (χ1) is 10.1. The first-order valence-electron chi connectivity index (χ1n) is 6.77. The Hall–Kier alpha value is -2.40. The smallest absolute Gasteiger partial charge is 0.326 e. The maximum absolute atomic E-state index is 12.7. The van der Waals surface area contributed by atoms with Gasteiger partial charge >= 0.3 is 5.97 Å². The molecule has 0 spiro atoms. The van der Waals surface area contributed by atoms with Crippen molar-refractivity contribution in [2.75, 3.05) is 6.54 Å². The summed E-state index contributed by atoms with van der Waals surface area (Å²) in [5.74, 6) is -1.43. The zero-order chi connectivity index (χ0) is 15.0. The molecule has 0 aromatic heterocycles. The van der Waals surface area contributed by atoms with Crippen molar-refractivity contribution in [2.45, 2.75) is 18.6 Å². The number of benzene rings is 2. The Morgan fingerprint density at radius 2 is 1.81 bits per heavy atom. The standard InChI is InChI=1S/C16H15NO4/c18-11-8-14(16(20)21)17(9-11)15(19)13-7-3-5-10-4-1-2-6-12(10)13/h1-7,11,14,18H,8-9H2,(H,20,21)/t11-,14+/m1/s1.